The Morgan fingerprint density at radius 3 is 1.62 bits per heavy atom. The number of aromatic nitrogens is 6. The van der Waals surface area contributed by atoms with Crippen molar-refractivity contribution in [1.29, 1.82) is 0 Å². The number of thioether (sulfide) groups is 1. The van der Waals surface area contributed by atoms with Crippen molar-refractivity contribution in [3.8, 4) is 0 Å². The van der Waals surface area contributed by atoms with Crippen LogP contribution in [0.5, 0.6) is 0 Å². The molecule has 0 bridgehead atoms. The zero-order valence-corrected chi connectivity index (χ0v) is 32.6. The molecule has 0 aliphatic heterocycles. The van der Waals surface area contributed by atoms with E-state index < -0.39 is 14.6 Å². The minimum Gasteiger partial charge on any atom is -0.340 e. The van der Waals surface area contributed by atoms with Crippen molar-refractivity contribution in [1.82, 2.24) is 29.9 Å². The largest absolute Gasteiger partial charge is 0.340 e. The summed E-state index contributed by atoms with van der Waals surface area (Å²) in [5.74, 6) is 1.37. The highest BCUT2D eigenvalue weighted by atomic mass is 32.2. The van der Waals surface area contributed by atoms with Crippen LogP contribution in [0.15, 0.2) is 106 Å². The summed E-state index contributed by atoms with van der Waals surface area (Å²) < 4.78 is 27.2. The predicted octanol–water partition coefficient (Wildman–Crippen LogP) is 10.4. The maximum absolute atomic E-state index is 12.8. The van der Waals surface area contributed by atoms with Gasteiger partial charge in [-0.2, -0.15) is 0 Å². The molecule has 8 rings (SSSR count). The van der Waals surface area contributed by atoms with E-state index in [0.717, 1.165) is 43.8 Å². The highest BCUT2D eigenvalue weighted by molar-refractivity contribution is 8.00. The highest BCUT2D eigenvalue weighted by Crippen LogP contribution is 2.35. The van der Waals surface area contributed by atoms with Crippen molar-refractivity contribution in [3.05, 3.63) is 96.5 Å². The summed E-state index contributed by atoms with van der Waals surface area (Å²) >= 11 is 5.07. The van der Waals surface area contributed by atoms with Crippen LogP contribution in [0.25, 0.3) is 42.2 Å². The quantitative estimate of drug-likeness (QED) is 0.157. The first kappa shape index (κ1) is 35.6. The third-order valence-electron chi connectivity index (χ3n) is 7.94. The average molecular weight is 765 g/mol. The molecule has 0 spiro atoms. The normalized spacial score (nSPS) is 12.3. The summed E-state index contributed by atoms with van der Waals surface area (Å²) in [6.45, 7) is 11.7. The Kier molecular flexibility index (Phi) is 9.59. The molecule has 4 aromatic carbocycles. The van der Waals surface area contributed by atoms with Gasteiger partial charge >= 0.3 is 0 Å². The summed E-state index contributed by atoms with van der Waals surface area (Å²) in [5.41, 5.74) is 8.99. The molecule has 0 aliphatic rings. The molecule has 0 amide bonds. The minimum atomic E-state index is -3.47. The Morgan fingerprint density at radius 2 is 1.10 bits per heavy atom. The molecule has 0 fully saturated rings. The first-order chi connectivity index (χ1) is 24.7. The van der Waals surface area contributed by atoms with Crippen LogP contribution < -0.4 is 10.6 Å². The number of anilines is 4. The van der Waals surface area contributed by atoms with E-state index in [2.05, 4.69) is 91.6 Å². The standard InChI is InChI=1S/C19H18N4O2S2.C19H18N4S2/c1-19(2,3)27(24,25)13-5-6-15-14(9-13)18(21-10-20-15)23-12-4-7-17-16(8-12)22-11-26-17;1-19(2,3)25-13-5-6-15-14(9-13)18(21-10-20-15)23-12-4-7-17-16(8-12)22-11-24-17/h4-11H,1-3H3,(H,20,21,23);4-11H,1-3H3,(H,20,21,23). The molecule has 0 unspecified atom stereocenters. The molecule has 2 N–H and O–H groups in total. The molecular weight excluding hydrogens is 729 g/mol. The number of hydrogen-bond donors (Lipinski definition) is 2. The molecule has 0 saturated carbocycles. The van der Waals surface area contributed by atoms with Crippen molar-refractivity contribution in [3.63, 3.8) is 0 Å². The number of nitrogens with one attached hydrogen (secondary N) is 2. The van der Waals surface area contributed by atoms with Gasteiger partial charge in [-0.3, -0.25) is 0 Å². The predicted molar refractivity (Wildman–Crippen MR) is 217 cm³/mol. The van der Waals surface area contributed by atoms with Crippen LogP contribution in [0, 0.1) is 0 Å². The molecule has 8 aromatic rings. The molecule has 264 valence electrons. The monoisotopic (exact) mass is 764 g/mol. The minimum absolute atomic E-state index is 0.159. The van der Waals surface area contributed by atoms with Gasteiger partial charge in [-0.25, -0.2) is 38.3 Å². The lowest BCUT2D eigenvalue weighted by molar-refractivity contribution is 0.560. The summed E-state index contributed by atoms with van der Waals surface area (Å²) in [5, 5.41) is 8.37. The van der Waals surface area contributed by atoms with E-state index in [0.29, 0.717) is 16.7 Å². The third kappa shape index (κ3) is 7.70. The van der Waals surface area contributed by atoms with Crippen molar-refractivity contribution in [2.75, 3.05) is 10.6 Å². The molecule has 0 saturated heterocycles. The van der Waals surface area contributed by atoms with E-state index in [1.165, 1.54) is 15.9 Å². The van der Waals surface area contributed by atoms with Crippen LogP contribution >= 0.6 is 34.4 Å². The van der Waals surface area contributed by atoms with Gasteiger partial charge in [0.15, 0.2) is 9.84 Å². The van der Waals surface area contributed by atoms with E-state index in [9.17, 15) is 8.42 Å². The van der Waals surface area contributed by atoms with Crippen LogP contribution in [-0.4, -0.2) is 47.8 Å². The second-order valence-electron chi connectivity index (χ2n) is 14.0. The summed E-state index contributed by atoms with van der Waals surface area (Å²) in [6, 6.07) is 23.4. The lowest BCUT2D eigenvalue weighted by atomic mass is 10.2. The van der Waals surface area contributed by atoms with Gasteiger partial charge in [-0.05, 0) is 93.6 Å². The molecule has 0 radical (unpaired) electrons. The fourth-order valence-corrected chi connectivity index (χ4v) is 8.92. The fourth-order valence-electron chi connectivity index (χ4n) is 5.35. The van der Waals surface area contributed by atoms with Gasteiger partial charge in [-0.1, -0.05) is 20.8 Å². The smallest absolute Gasteiger partial charge is 0.183 e. The van der Waals surface area contributed by atoms with Crippen molar-refractivity contribution < 1.29 is 8.42 Å². The Bertz CT molecular complexity index is 2680. The van der Waals surface area contributed by atoms with Gasteiger partial charge in [0.05, 0.1) is 52.1 Å². The highest BCUT2D eigenvalue weighted by Gasteiger charge is 2.31. The Balaban J connectivity index is 0.000000162. The number of fused-ring (bicyclic) bond motifs is 4. The van der Waals surface area contributed by atoms with Crippen LogP contribution in [0.1, 0.15) is 41.5 Å². The molecule has 4 heterocycles. The molecule has 4 aromatic heterocycles. The number of hydrogen-bond acceptors (Lipinski definition) is 13. The van der Waals surface area contributed by atoms with Crippen molar-refractivity contribution >= 4 is 110 Å². The van der Waals surface area contributed by atoms with Gasteiger partial charge in [0.2, 0.25) is 0 Å². The van der Waals surface area contributed by atoms with Gasteiger partial charge in [0.25, 0.3) is 0 Å². The maximum atomic E-state index is 12.8. The number of sulfone groups is 1. The molecule has 52 heavy (non-hydrogen) atoms. The number of rotatable bonds is 6. The van der Waals surface area contributed by atoms with Crippen LogP contribution in [0.2, 0.25) is 0 Å². The fraction of sp³-hybridized carbons (Fsp3) is 0.211. The van der Waals surface area contributed by atoms with Gasteiger partial charge in [0.1, 0.15) is 24.3 Å². The van der Waals surface area contributed by atoms with Crippen LogP contribution in [-0.2, 0) is 9.84 Å². The second kappa shape index (κ2) is 14.0. The Hall–Kier alpha value is -4.76. The van der Waals surface area contributed by atoms with Crippen molar-refractivity contribution in [2.24, 2.45) is 0 Å². The van der Waals surface area contributed by atoms with Crippen LogP contribution in [0.4, 0.5) is 23.0 Å². The third-order valence-corrected chi connectivity index (χ3v) is 13.1. The van der Waals surface area contributed by atoms with Crippen molar-refractivity contribution in [2.45, 2.75) is 60.8 Å². The Labute approximate surface area is 314 Å². The van der Waals surface area contributed by atoms with Gasteiger partial charge < -0.3 is 10.6 Å². The molecule has 14 heteroatoms. The zero-order valence-electron chi connectivity index (χ0n) is 29.4. The lowest BCUT2D eigenvalue weighted by Gasteiger charge is -2.19. The number of benzene rings is 4. The SMILES string of the molecule is CC(C)(C)S(=O)(=O)c1ccc2ncnc(Nc3ccc4scnc4c3)c2c1.CC(C)(C)Sc1ccc2ncnc(Nc3ccc4scnc4c3)c2c1. The maximum Gasteiger partial charge on any atom is 0.183 e. The number of thiazole rings is 2. The molecule has 0 atom stereocenters. The van der Waals surface area contributed by atoms with E-state index in [1.54, 1.807) is 73.5 Å². The van der Waals surface area contributed by atoms with Crippen LogP contribution in [0.3, 0.4) is 0 Å². The van der Waals surface area contributed by atoms with Gasteiger partial charge in [-0.15, -0.1) is 34.4 Å². The van der Waals surface area contributed by atoms with E-state index >= 15 is 0 Å². The second-order valence-corrected chi connectivity index (χ2v) is 20.3. The average Bonchev–Trinajstić information content (AvgIpc) is 3.77. The summed E-state index contributed by atoms with van der Waals surface area (Å²) in [4.78, 5) is 27.6. The Morgan fingerprint density at radius 1 is 0.577 bits per heavy atom. The first-order valence-corrected chi connectivity index (χ1v) is 20.4. The molecular formula is C38H36N8O2S4. The van der Waals surface area contributed by atoms with E-state index in [-0.39, 0.29) is 9.64 Å². The summed E-state index contributed by atoms with van der Waals surface area (Å²) in [6.07, 6.45) is 3.06. The van der Waals surface area contributed by atoms with E-state index in [4.69, 9.17) is 0 Å². The number of nitrogens with zero attached hydrogens (tertiary/aromatic N) is 6. The first-order valence-electron chi connectivity index (χ1n) is 16.4. The molecule has 0 aliphatic carbocycles. The molecule has 10 nitrogen and oxygen atoms in total. The van der Waals surface area contributed by atoms with E-state index in [1.807, 2.05) is 41.5 Å². The zero-order chi connectivity index (χ0) is 36.7. The van der Waals surface area contributed by atoms with Gasteiger partial charge in [0, 0.05) is 31.8 Å². The lowest BCUT2D eigenvalue weighted by Crippen LogP contribution is -2.27. The topological polar surface area (TPSA) is 136 Å². The summed E-state index contributed by atoms with van der Waals surface area (Å²) in [7, 11) is -3.47.